The summed E-state index contributed by atoms with van der Waals surface area (Å²) in [5.74, 6) is -0.0933. The third kappa shape index (κ3) is 4.81. The van der Waals surface area contributed by atoms with Crippen LogP contribution in [0.4, 0.5) is 5.13 Å². The van der Waals surface area contributed by atoms with Crippen molar-refractivity contribution in [1.29, 1.82) is 0 Å². The Morgan fingerprint density at radius 2 is 1.95 bits per heavy atom. The Hall–Kier alpha value is -1.43. The molecule has 1 aromatic heterocycles. The van der Waals surface area contributed by atoms with Crippen molar-refractivity contribution in [2.45, 2.75) is 33.2 Å². The molecule has 1 atom stereocenters. The minimum absolute atomic E-state index is 0. The molecule has 4 nitrogen and oxygen atoms in total. The number of thiazole rings is 1. The lowest BCUT2D eigenvalue weighted by atomic mass is 10.1. The van der Waals surface area contributed by atoms with Gasteiger partial charge in [0, 0.05) is 22.9 Å². The summed E-state index contributed by atoms with van der Waals surface area (Å²) in [4.78, 5) is 17.3. The number of amides is 1. The average molecular weight is 326 g/mol. The quantitative estimate of drug-likeness (QED) is 0.903. The zero-order valence-corrected chi connectivity index (χ0v) is 14.0. The number of carbonyl (C=O) groups is 1. The number of anilines is 1. The Kier molecular flexibility index (Phi) is 6.33. The minimum Gasteiger partial charge on any atom is -0.327 e. The van der Waals surface area contributed by atoms with Gasteiger partial charge in [0.2, 0.25) is 5.91 Å². The second kappa shape index (κ2) is 7.54. The minimum atomic E-state index is -0.146. The maximum atomic E-state index is 11.7. The van der Waals surface area contributed by atoms with Crippen LogP contribution in [0.5, 0.6) is 0 Å². The predicted molar refractivity (Wildman–Crippen MR) is 91.2 cm³/mol. The molecule has 114 valence electrons. The molecule has 1 amide bonds. The first kappa shape index (κ1) is 17.6. The van der Waals surface area contributed by atoms with Crippen LogP contribution in [0, 0.1) is 13.8 Å². The van der Waals surface area contributed by atoms with Gasteiger partial charge in [-0.2, -0.15) is 0 Å². The third-order valence-electron chi connectivity index (χ3n) is 2.88. The van der Waals surface area contributed by atoms with E-state index in [2.05, 4.69) is 29.4 Å². The molecular weight excluding hydrogens is 306 g/mol. The van der Waals surface area contributed by atoms with Gasteiger partial charge in [0.15, 0.2) is 5.13 Å². The van der Waals surface area contributed by atoms with Gasteiger partial charge in [-0.05, 0) is 20.8 Å². The molecule has 1 heterocycles. The van der Waals surface area contributed by atoms with E-state index in [0.29, 0.717) is 11.6 Å². The van der Waals surface area contributed by atoms with Crippen LogP contribution in [0.3, 0.4) is 0 Å². The fourth-order valence-electron chi connectivity index (χ4n) is 1.89. The molecule has 0 saturated heterocycles. The smallest absolute Gasteiger partial charge is 0.227 e. The third-order valence-corrected chi connectivity index (χ3v) is 3.76. The van der Waals surface area contributed by atoms with Crippen LogP contribution in [0.2, 0.25) is 0 Å². The Labute approximate surface area is 135 Å². The zero-order chi connectivity index (χ0) is 14.7. The molecule has 0 radical (unpaired) electrons. The number of rotatable bonds is 4. The van der Waals surface area contributed by atoms with Gasteiger partial charge < -0.3 is 11.1 Å². The summed E-state index contributed by atoms with van der Waals surface area (Å²) in [5.41, 5.74) is 8.81. The van der Waals surface area contributed by atoms with Gasteiger partial charge in [0.05, 0.1) is 5.69 Å². The molecule has 3 N–H and O–H groups in total. The van der Waals surface area contributed by atoms with Crippen molar-refractivity contribution < 1.29 is 4.79 Å². The monoisotopic (exact) mass is 325 g/mol. The number of halogens is 1. The SMILES string of the molecule is Cc1ccc(-c2nc(NC(=O)CC(C)N)sc2C)cc1.Cl. The normalized spacial score (nSPS) is 11.6. The molecule has 0 saturated carbocycles. The zero-order valence-electron chi connectivity index (χ0n) is 12.3. The van der Waals surface area contributed by atoms with E-state index in [-0.39, 0.29) is 24.4 Å². The molecule has 2 rings (SSSR count). The first-order valence-corrected chi connectivity index (χ1v) is 7.37. The van der Waals surface area contributed by atoms with Gasteiger partial charge in [0.1, 0.15) is 0 Å². The van der Waals surface area contributed by atoms with E-state index in [1.807, 2.05) is 26.0 Å². The van der Waals surface area contributed by atoms with Crippen LogP contribution in [-0.4, -0.2) is 16.9 Å². The fourth-order valence-corrected chi connectivity index (χ4v) is 2.74. The van der Waals surface area contributed by atoms with Gasteiger partial charge in [-0.25, -0.2) is 4.98 Å². The molecule has 1 aromatic carbocycles. The number of nitrogens with two attached hydrogens (primary N) is 1. The highest BCUT2D eigenvalue weighted by Gasteiger charge is 2.12. The molecule has 0 aliphatic carbocycles. The fraction of sp³-hybridized carbons (Fsp3) is 0.333. The summed E-state index contributed by atoms with van der Waals surface area (Å²) >= 11 is 1.48. The van der Waals surface area contributed by atoms with Crippen molar-refractivity contribution in [3.05, 3.63) is 34.7 Å². The lowest BCUT2D eigenvalue weighted by Gasteiger charge is -2.03. The van der Waals surface area contributed by atoms with Crippen molar-refractivity contribution in [1.82, 2.24) is 4.98 Å². The van der Waals surface area contributed by atoms with Gasteiger partial charge >= 0.3 is 0 Å². The lowest BCUT2D eigenvalue weighted by molar-refractivity contribution is -0.116. The molecule has 6 heteroatoms. The molecule has 0 aliphatic rings. The van der Waals surface area contributed by atoms with Crippen LogP contribution >= 0.6 is 23.7 Å². The van der Waals surface area contributed by atoms with Crippen LogP contribution in [0.25, 0.3) is 11.3 Å². The van der Waals surface area contributed by atoms with E-state index in [1.165, 1.54) is 16.9 Å². The highest BCUT2D eigenvalue weighted by molar-refractivity contribution is 7.16. The van der Waals surface area contributed by atoms with E-state index < -0.39 is 0 Å². The van der Waals surface area contributed by atoms with Crippen LogP contribution in [0.1, 0.15) is 23.8 Å². The molecular formula is C15H20ClN3OS. The second-order valence-electron chi connectivity index (χ2n) is 5.02. The van der Waals surface area contributed by atoms with E-state index in [4.69, 9.17) is 5.73 Å². The first-order valence-electron chi connectivity index (χ1n) is 6.55. The van der Waals surface area contributed by atoms with E-state index >= 15 is 0 Å². The van der Waals surface area contributed by atoms with Crippen LogP contribution in [0.15, 0.2) is 24.3 Å². The number of aryl methyl sites for hydroxylation is 2. The summed E-state index contributed by atoms with van der Waals surface area (Å²) < 4.78 is 0. The van der Waals surface area contributed by atoms with Gasteiger partial charge in [-0.15, -0.1) is 23.7 Å². The summed E-state index contributed by atoms with van der Waals surface area (Å²) in [7, 11) is 0. The van der Waals surface area contributed by atoms with E-state index in [0.717, 1.165) is 16.1 Å². The number of benzene rings is 1. The molecule has 0 spiro atoms. The Morgan fingerprint density at radius 3 is 2.52 bits per heavy atom. The number of nitrogens with one attached hydrogen (secondary N) is 1. The highest BCUT2D eigenvalue weighted by atomic mass is 35.5. The molecule has 2 aromatic rings. The van der Waals surface area contributed by atoms with Crippen molar-refractivity contribution in [3.8, 4) is 11.3 Å². The molecule has 21 heavy (non-hydrogen) atoms. The lowest BCUT2D eigenvalue weighted by Crippen LogP contribution is -2.23. The first-order chi connectivity index (χ1) is 9.45. The summed E-state index contributed by atoms with van der Waals surface area (Å²) in [5, 5.41) is 3.43. The average Bonchev–Trinajstić information content (AvgIpc) is 2.70. The predicted octanol–water partition coefficient (Wildman–Crippen LogP) is 3.52. The van der Waals surface area contributed by atoms with Crippen molar-refractivity contribution >= 4 is 34.8 Å². The van der Waals surface area contributed by atoms with Gasteiger partial charge in [0.25, 0.3) is 0 Å². The second-order valence-corrected chi connectivity index (χ2v) is 6.22. The molecule has 0 aliphatic heterocycles. The summed E-state index contributed by atoms with van der Waals surface area (Å²) in [6, 6.07) is 8.06. The van der Waals surface area contributed by atoms with E-state index in [1.54, 1.807) is 0 Å². The van der Waals surface area contributed by atoms with Gasteiger partial charge in [-0.1, -0.05) is 29.8 Å². The van der Waals surface area contributed by atoms with Crippen LogP contribution < -0.4 is 11.1 Å². The van der Waals surface area contributed by atoms with Gasteiger partial charge in [-0.3, -0.25) is 4.79 Å². The van der Waals surface area contributed by atoms with Crippen molar-refractivity contribution in [3.63, 3.8) is 0 Å². The number of hydrogen-bond acceptors (Lipinski definition) is 4. The maximum Gasteiger partial charge on any atom is 0.227 e. The summed E-state index contributed by atoms with van der Waals surface area (Å²) in [6.07, 6.45) is 0.304. The number of hydrogen-bond donors (Lipinski definition) is 2. The Morgan fingerprint density at radius 1 is 1.33 bits per heavy atom. The Balaban J connectivity index is 0.00000220. The standard InChI is InChI=1S/C15H19N3OS.ClH/c1-9-4-6-12(7-5-9)14-11(3)20-15(18-14)17-13(19)8-10(2)16;/h4-7,10H,8,16H2,1-3H3,(H,17,18,19);1H. The number of nitrogens with zero attached hydrogens (tertiary/aromatic N) is 1. The van der Waals surface area contributed by atoms with Crippen molar-refractivity contribution in [2.75, 3.05) is 5.32 Å². The van der Waals surface area contributed by atoms with E-state index in [9.17, 15) is 4.79 Å². The number of carbonyl (C=O) groups excluding carboxylic acids is 1. The molecule has 0 fully saturated rings. The largest absolute Gasteiger partial charge is 0.327 e. The number of aromatic nitrogens is 1. The van der Waals surface area contributed by atoms with Crippen LogP contribution in [-0.2, 0) is 4.79 Å². The maximum absolute atomic E-state index is 11.7. The molecule has 0 bridgehead atoms. The highest BCUT2D eigenvalue weighted by Crippen LogP contribution is 2.30. The Bertz CT molecular complexity index is 608. The topological polar surface area (TPSA) is 68.0 Å². The summed E-state index contributed by atoms with van der Waals surface area (Å²) in [6.45, 7) is 5.87. The molecule has 1 unspecified atom stereocenters. The van der Waals surface area contributed by atoms with Crippen molar-refractivity contribution in [2.24, 2.45) is 5.73 Å².